The van der Waals surface area contributed by atoms with E-state index in [1.54, 1.807) is 36.3 Å². The Morgan fingerprint density at radius 1 is 1.12 bits per heavy atom. The second-order valence-electron chi connectivity index (χ2n) is 5.98. The van der Waals surface area contributed by atoms with Gasteiger partial charge in [-0.1, -0.05) is 11.6 Å². The first-order valence-corrected chi connectivity index (χ1v) is 8.44. The summed E-state index contributed by atoms with van der Waals surface area (Å²) < 4.78 is 1.61. The Labute approximate surface area is 149 Å². The number of hydrogen-bond acceptors (Lipinski definition) is 5. The lowest BCUT2D eigenvalue weighted by atomic mass is 10.2. The standard InChI is InChI=1S/C17H17ClN6O/c1-22-15(4-5-20-22)17(25)24-8-6-23(7-9-24)16-11-19-14-10-12(18)2-3-13(14)21-16/h2-5,10-11H,6-9H2,1H3. The first-order chi connectivity index (χ1) is 12.1. The number of fused-ring (bicyclic) bond motifs is 1. The van der Waals surface area contributed by atoms with Crippen molar-refractivity contribution in [3.8, 4) is 0 Å². The molecule has 1 saturated heterocycles. The molecule has 128 valence electrons. The number of aryl methyl sites for hydroxylation is 1. The van der Waals surface area contributed by atoms with Crippen molar-refractivity contribution in [1.82, 2.24) is 24.6 Å². The summed E-state index contributed by atoms with van der Waals surface area (Å²) in [5.74, 6) is 0.835. The van der Waals surface area contributed by atoms with Crippen LogP contribution in [0.15, 0.2) is 36.7 Å². The van der Waals surface area contributed by atoms with E-state index in [1.165, 1.54) is 0 Å². The number of piperazine rings is 1. The van der Waals surface area contributed by atoms with Gasteiger partial charge in [-0.05, 0) is 24.3 Å². The Kier molecular flexibility index (Phi) is 4.01. The minimum atomic E-state index is 0.0129. The van der Waals surface area contributed by atoms with Gasteiger partial charge in [0.2, 0.25) is 0 Å². The molecule has 0 aliphatic carbocycles. The number of anilines is 1. The van der Waals surface area contributed by atoms with E-state index in [2.05, 4.69) is 20.0 Å². The zero-order valence-corrected chi connectivity index (χ0v) is 14.5. The number of rotatable bonds is 2. The van der Waals surface area contributed by atoms with Crippen LogP contribution in [0.1, 0.15) is 10.5 Å². The summed E-state index contributed by atoms with van der Waals surface area (Å²) in [6.45, 7) is 2.73. The minimum Gasteiger partial charge on any atom is -0.352 e. The van der Waals surface area contributed by atoms with Crippen LogP contribution >= 0.6 is 11.6 Å². The average Bonchev–Trinajstić information content (AvgIpc) is 3.07. The van der Waals surface area contributed by atoms with E-state index in [-0.39, 0.29) is 5.91 Å². The number of carbonyl (C=O) groups excluding carboxylic acids is 1. The summed E-state index contributed by atoms with van der Waals surface area (Å²) in [4.78, 5) is 25.6. The highest BCUT2D eigenvalue weighted by Gasteiger charge is 2.24. The highest BCUT2D eigenvalue weighted by atomic mass is 35.5. The van der Waals surface area contributed by atoms with Crippen LogP contribution in [0.25, 0.3) is 11.0 Å². The number of benzene rings is 1. The number of nitrogens with zero attached hydrogens (tertiary/aromatic N) is 6. The third-order valence-corrected chi connectivity index (χ3v) is 4.66. The summed E-state index contributed by atoms with van der Waals surface area (Å²) in [5, 5.41) is 4.71. The van der Waals surface area contributed by atoms with Crippen molar-refractivity contribution >= 4 is 34.4 Å². The predicted molar refractivity (Wildman–Crippen MR) is 95.9 cm³/mol. The number of aromatic nitrogens is 4. The van der Waals surface area contributed by atoms with Crippen LogP contribution < -0.4 is 4.90 Å². The number of halogens is 1. The summed E-state index contributed by atoms with van der Waals surface area (Å²) >= 11 is 5.98. The van der Waals surface area contributed by atoms with E-state index in [0.717, 1.165) is 29.9 Å². The fourth-order valence-corrected chi connectivity index (χ4v) is 3.18. The SMILES string of the molecule is Cn1nccc1C(=O)N1CCN(c2cnc3cc(Cl)ccc3n2)CC1. The van der Waals surface area contributed by atoms with Crippen LogP contribution in [0.3, 0.4) is 0 Å². The molecule has 1 aliphatic heterocycles. The maximum atomic E-state index is 12.5. The molecule has 0 saturated carbocycles. The highest BCUT2D eigenvalue weighted by molar-refractivity contribution is 6.31. The van der Waals surface area contributed by atoms with E-state index < -0.39 is 0 Å². The first-order valence-electron chi connectivity index (χ1n) is 8.06. The van der Waals surface area contributed by atoms with Crippen molar-refractivity contribution in [3.05, 3.63) is 47.4 Å². The molecule has 0 N–H and O–H groups in total. The molecule has 3 heterocycles. The summed E-state index contributed by atoms with van der Waals surface area (Å²) in [7, 11) is 1.78. The zero-order valence-electron chi connectivity index (χ0n) is 13.8. The molecule has 0 bridgehead atoms. The maximum Gasteiger partial charge on any atom is 0.272 e. The Bertz CT molecular complexity index is 932. The quantitative estimate of drug-likeness (QED) is 0.702. The molecule has 1 aromatic carbocycles. The molecule has 0 unspecified atom stereocenters. The van der Waals surface area contributed by atoms with Gasteiger partial charge in [0, 0.05) is 44.4 Å². The molecular weight excluding hydrogens is 340 g/mol. The molecule has 8 heteroatoms. The first kappa shape index (κ1) is 15.8. The Hall–Kier alpha value is -2.67. The molecule has 2 aromatic heterocycles. The molecule has 1 fully saturated rings. The van der Waals surface area contributed by atoms with Gasteiger partial charge in [0.1, 0.15) is 11.5 Å². The molecule has 7 nitrogen and oxygen atoms in total. The normalized spacial score (nSPS) is 15.0. The molecular formula is C17H17ClN6O. The van der Waals surface area contributed by atoms with Gasteiger partial charge < -0.3 is 9.80 Å². The zero-order chi connectivity index (χ0) is 17.4. The fraction of sp³-hybridized carbons (Fsp3) is 0.294. The second-order valence-corrected chi connectivity index (χ2v) is 6.42. The lowest BCUT2D eigenvalue weighted by Gasteiger charge is -2.35. The van der Waals surface area contributed by atoms with E-state index in [0.29, 0.717) is 23.8 Å². The van der Waals surface area contributed by atoms with Crippen LogP contribution in [-0.2, 0) is 7.05 Å². The van der Waals surface area contributed by atoms with Crippen molar-refractivity contribution in [1.29, 1.82) is 0 Å². The average molecular weight is 357 g/mol. The van der Waals surface area contributed by atoms with Crippen LogP contribution in [0.4, 0.5) is 5.82 Å². The Morgan fingerprint density at radius 3 is 2.64 bits per heavy atom. The summed E-state index contributed by atoms with van der Waals surface area (Å²) in [5.41, 5.74) is 2.20. The van der Waals surface area contributed by atoms with E-state index in [1.807, 2.05) is 17.0 Å². The lowest BCUT2D eigenvalue weighted by Crippen LogP contribution is -2.49. The molecule has 25 heavy (non-hydrogen) atoms. The van der Waals surface area contributed by atoms with Gasteiger partial charge in [0.25, 0.3) is 5.91 Å². The number of amides is 1. The molecule has 4 rings (SSSR count). The van der Waals surface area contributed by atoms with Crippen molar-refractivity contribution in [2.24, 2.45) is 7.05 Å². The summed E-state index contributed by atoms with van der Waals surface area (Å²) in [6.07, 6.45) is 3.40. The minimum absolute atomic E-state index is 0.0129. The Balaban J connectivity index is 1.47. The van der Waals surface area contributed by atoms with Crippen molar-refractivity contribution in [2.75, 3.05) is 31.1 Å². The summed E-state index contributed by atoms with van der Waals surface area (Å²) in [6, 6.07) is 7.23. The second kappa shape index (κ2) is 6.33. The van der Waals surface area contributed by atoms with Gasteiger partial charge in [-0.2, -0.15) is 5.10 Å². The highest BCUT2D eigenvalue weighted by Crippen LogP contribution is 2.20. The fourth-order valence-electron chi connectivity index (χ4n) is 3.01. The van der Waals surface area contributed by atoms with E-state index in [9.17, 15) is 4.79 Å². The van der Waals surface area contributed by atoms with Crippen LogP contribution in [0.5, 0.6) is 0 Å². The third-order valence-electron chi connectivity index (χ3n) is 4.42. The third kappa shape index (κ3) is 3.02. The van der Waals surface area contributed by atoms with E-state index >= 15 is 0 Å². The predicted octanol–water partition coefficient (Wildman–Crippen LogP) is 1.98. The number of hydrogen-bond donors (Lipinski definition) is 0. The van der Waals surface area contributed by atoms with Crippen molar-refractivity contribution in [3.63, 3.8) is 0 Å². The Morgan fingerprint density at radius 2 is 1.92 bits per heavy atom. The van der Waals surface area contributed by atoms with Crippen molar-refractivity contribution in [2.45, 2.75) is 0 Å². The van der Waals surface area contributed by atoms with Gasteiger partial charge in [0.05, 0.1) is 17.2 Å². The largest absolute Gasteiger partial charge is 0.352 e. The van der Waals surface area contributed by atoms with Gasteiger partial charge in [-0.25, -0.2) is 4.98 Å². The van der Waals surface area contributed by atoms with Gasteiger partial charge in [-0.3, -0.25) is 14.5 Å². The molecule has 0 radical (unpaired) electrons. The monoisotopic (exact) mass is 356 g/mol. The topological polar surface area (TPSA) is 67.2 Å². The smallest absolute Gasteiger partial charge is 0.272 e. The number of carbonyl (C=O) groups is 1. The van der Waals surface area contributed by atoms with Crippen LogP contribution in [0.2, 0.25) is 5.02 Å². The van der Waals surface area contributed by atoms with Crippen LogP contribution in [-0.4, -0.2) is 56.7 Å². The molecule has 1 aliphatic rings. The van der Waals surface area contributed by atoms with Gasteiger partial charge in [0.15, 0.2) is 0 Å². The lowest BCUT2D eigenvalue weighted by molar-refractivity contribution is 0.0735. The maximum absolute atomic E-state index is 12.5. The molecule has 3 aromatic rings. The molecule has 1 amide bonds. The van der Waals surface area contributed by atoms with Gasteiger partial charge >= 0.3 is 0 Å². The van der Waals surface area contributed by atoms with Gasteiger partial charge in [-0.15, -0.1) is 0 Å². The molecule has 0 spiro atoms. The molecule has 0 atom stereocenters. The van der Waals surface area contributed by atoms with E-state index in [4.69, 9.17) is 11.6 Å². The van der Waals surface area contributed by atoms with Crippen molar-refractivity contribution < 1.29 is 4.79 Å². The van der Waals surface area contributed by atoms with Crippen LogP contribution in [0, 0.1) is 0 Å².